The van der Waals surface area contributed by atoms with Gasteiger partial charge >= 0.3 is 0 Å². The number of fused-ring (bicyclic) bond motifs is 1. The Labute approximate surface area is 157 Å². The summed E-state index contributed by atoms with van der Waals surface area (Å²) in [6.45, 7) is 2.78. The first kappa shape index (κ1) is 18.5. The van der Waals surface area contributed by atoms with Crippen molar-refractivity contribution in [2.24, 2.45) is 5.73 Å². The molecule has 0 saturated carbocycles. The van der Waals surface area contributed by atoms with Crippen LogP contribution in [0.5, 0.6) is 5.75 Å². The van der Waals surface area contributed by atoms with Gasteiger partial charge in [-0.1, -0.05) is 13.3 Å². The highest BCUT2D eigenvalue weighted by atomic mass is 32.1. The first-order valence-electron chi connectivity index (χ1n) is 9.08. The highest BCUT2D eigenvalue weighted by Gasteiger charge is 2.25. The Kier molecular flexibility index (Phi) is 5.93. The Balaban J connectivity index is 1.74. The Hall–Kier alpha value is -2.34. The number of carbonyl (C=O) groups excluding carboxylic acids is 2. The molecule has 0 radical (unpaired) electrons. The van der Waals surface area contributed by atoms with E-state index in [4.69, 9.17) is 10.5 Å². The van der Waals surface area contributed by atoms with E-state index in [2.05, 4.69) is 12.2 Å². The predicted octanol–water partition coefficient (Wildman–Crippen LogP) is 4.16. The van der Waals surface area contributed by atoms with Crippen molar-refractivity contribution in [2.75, 3.05) is 11.9 Å². The van der Waals surface area contributed by atoms with E-state index in [1.807, 2.05) is 0 Å². The molecule has 1 aromatic carbocycles. The van der Waals surface area contributed by atoms with Crippen LogP contribution in [0, 0.1) is 0 Å². The fourth-order valence-corrected chi connectivity index (χ4v) is 4.42. The molecule has 0 spiro atoms. The molecule has 0 atom stereocenters. The van der Waals surface area contributed by atoms with Crippen LogP contribution in [0.4, 0.5) is 5.00 Å². The fraction of sp³-hybridized carbons (Fsp3) is 0.400. The molecule has 1 aliphatic carbocycles. The van der Waals surface area contributed by atoms with E-state index < -0.39 is 5.91 Å². The summed E-state index contributed by atoms with van der Waals surface area (Å²) in [7, 11) is 0. The van der Waals surface area contributed by atoms with Gasteiger partial charge in [-0.25, -0.2) is 0 Å². The molecule has 1 heterocycles. The van der Waals surface area contributed by atoms with Crippen molar-refractivity contribution in [3.63, 3.8) is 0 Å². The summed E-state index contributed by atoms with van der Waals surface area (Å²) in [6.07, 6.45) is 6.04. The number of thiophene rings is 1. The van der Waals surface area contributed by atoms with Crippen LogP contribution in [0.1, 0.15) is 63.8 Å². The van der Waals surface area contributed by atoms with Gasteiger partial charge in [0.15, 0.2) is 0 Å². The Morgan fingerprint density at radius 2 is 1.92 bits per heavy atom. The number of ether oxygens (including phenoxy) is 1. The van der Waals surface area contributed by atoms with Gasteiger partial charge in [0.05, 0.1) is 12.2 Å². The lowest BCUT2D eigenvalue weighted by Crippen LogP contribution is -2.18. The minimum absolute atomic E-state index is 0.244. The number of aryl methyl sites for hydroxylation is 1. The van der Waals surface area contributed by atoms with Gasteiger partial charge in [0.2, 0.25) is 0 Å². The molecule has 2 aromatic rings. The summed E-state index contributed by atoms with van der Waals surface area (Å²) in [5, 5.41) is 3.44. The third-order valence-corrected chi connectivity index (χ3v) is 5.74. The lowest BCUT2D eigenvalue weighted by Gasteiger charge is -2.11. The fourth-order valence-electron chi connectivity index (χ4n) is 3.13. The minimum Gasteiger partial charge on any atom is -0.494 e. The van der Waals surface area contributed by atoms with Gasteiger partial charge in [-0.15, -0.1) is 11.3 Å². The minimum atomic E-state index is -0.473. The van der Waals surface area contributed by atoms with E-state index in [0.29, 0.717) is 22.7 Å². The van der Waals surface area contributed by atoms with Gasteiger partial charge in [-0.3, -0.25) is 9.59 Å². The molecule has 0 fully saturated rings. The predicted molar refractivity (Wildman–Crippen MR) is 104 cm³/mol. The lowest BCUT2D eigenvalue weighted by molar-refractivity contribution is 0.100. The van der Waals surface area contributed by atoms with E-state index >= 15 is 0 Å². The van der Waals surface area contributed by atoms with Crippen molar-refractivity contribution < 1.29 is 14.3 Å². The maximum atomic E-state index is 12.6. The number of rotatable bonds is 7. The molecule has 3 rings (SSSR count). The highest BCUT2D eigenvalue weighted by Crippen LogP contribution is 2.38. The summed E-state index contributed by atoms with van der Waals surface area (Å²) in [4.78, 5) is 25.6. The monoisotopic (exact) mass is 372 g/mol. The number of nitrogens with two attached hydrogens (primary N) is 1. The zero-order valence-electron chi connectivity index (χ0n) is 15.0. The van der Waals surface area contributed by atoms with Crippen LogP contribution in [0.2, 0.25) is 0 Å². The number of amides is 2. The van der Waals surface area contributed by atoms with Crippen LogP contribution < -0.4 is 15.8 Å². The number of nitrogens with one attached hydrogen (secondary N) is 1. The molecule has 1 aliphatic rings. The van der Waals surface area contributed by atoms with Gasteiger partial charge in [-0.2, -0.15) is 0 Å². The Bertz CT molecular complexity index is 796. The highest BCUT2D eigenvalue weighted by molar-refractivity contribution is 7.17. The largest absolute Gasteiger partial charge is 0.494 e. The summed E-state index contributed by atoms with van der Waals surface area (Å²) >= 11 is 1.47. The van der Waals surface area contributed by atoms with Crippen molar-refractivity contribution in [3.05, 3.63) is 45.8 Å². The van der Waals surface area contributed by atoms with Gasteiger partial charge in [-0.05, 0) is 61.9 Å². The van der Waals surface area contributed by atoms with E-state index in [1.165, 1.54) is 16.2 Å². The number of hydrogen-bond donors (Lipinski definition) is 2. The van der Waals surface area contributed by atoms with E-state index in [0.717, 1.165) is 49.8 Å². The van der Waals surface area contributed by atoms with E-state index in [9.17, 15) is 9.59 Å². The number of anilines is 1. The molecule has 1 aromatic heterocycles. The van der Waals surface area contributed by atoms with Crippen molar-refractivity contribution in [3.8, 4) is 5.75 Å². The zero-order valence-corrected chi connectivity index (χ0v) is 15.8. The topological polar surface area (TPSA) is 81.4 Å². The molecular formula is C20H24N2O3S. The smallest absolute Gasteiger partial charge is 0.256 e. The molecule has 0 bridgehead atoms. The Morgan fingerprint density at radius 1 is 1.19 bits per heavy atom. The maximum Gasteiger partial charge on any atom is 0.256 e. The van der Waals surface area contributed by atoms with Crippen molar-refractivity contribution in [1.82, 2.24) is 0 Å². The van der Waals surface area contributed by atoms with E-state index in [-0.39, 0.29) is 5.91 Å². The number of unbranched alkanes of at least 4 members (excludes halogenated alkanes) is 1. The van der Waals surface area contributed by atoms with Crippen LogP contribution >= 0.6 is 11.3 Å². The third-order valence-electron chi connectivity index (χ3n) is 4.53. The summed E-state index contributed by atoms with van der Waals surface area (Å²) < 4.78 is 5.61. The van der Waals surface area contributed by atoms with Gasteiger partial charge < -0.3 is 15.8 Å². The van der Waals surface area contributed by atoms with Crippen molar-refractivity contribution >= 4 is 28.2 Å². The standard InChI is InChI=1S/C20H24N2O3S/c1-2-3-12-25-14-10-8-13(9-11-14)19(24)22-20-17(18(21)23)15-6-4-5-7-16(15)26-20/h8-11H,2-7,12H2,1H3,(H2,21,23)(H,22,24). The van der Waals surface area contributed by atoms with Gasteiger partial charge in [0, 0.05) is 10.4 Å². The van der Waals surface area contributed by atoms with Gasteiger partial charge in [0.25, 0.3) is 11.8 Å². The molecule has 3 N–H and O–H groups in total. The second-order valence-corrected chi connectivity index (χ2v) is 7.56. The SMILES string of the molecule is CCCCOc1ccc(C(=O)Nc2sc3c(c2C(N)=O)CCCC3)cc1. The molecule has 138 valence electrons. The van der Waals surface area contributed by atoms with E-state index in [1.54, 1.807) is 24.3 Å². The van der Waals surface area contributed by atoms with Crippen LogP contribution in [0.25, 0.3) is 0 Å². The number of carbonyl (C=O) groups is 2. The van der Waals surface area contributed by atoms with Crippen molar-refractivity contribution in [1.29, 1.82) is 0 Å². The number of hydrogen-bond acceptors (Lipinski definition) is 4. The summed E-state index contributed by atoms with van der Waals surface area (Å²) in [5.74, 6) is 0.0324. The molecule has 2 amide bonds. The van der Waals surface area contributed by atoms with Gasteiger partial charge in [0.1, 0.15) is 10.8 Å². The third kappa shape index (κ3) is 4.07. The number of primary amides is 1. The summed E-state index contributed by atoms with van der Waals surface area (Å²) in [5.41, 5.74) is 7.60. The average Bonchev–Trinajstić information content (AvgIpc) is 3.00. The van der Waals surface area contributed by atoms with Crippen LogP contribution in [-0.4, -0.2) is 18.4 Å². The molecular weight excluding hydrogens is 348 g/mol. The molecule has 5 nitrogen and oxygen atoms in total. The molecule has 26 heavy (non-hydrogen) atoms. The lowest BCUT2D eigenvalue weighted by atomic mass is 9.95. The van der Waals surface area contributed by atoms with Crippen molar-refractivity contribution in [2.45, 2.75) is 45.4 Å². The first-order chi connectivity index (χ1) is 12.6. The normalized spacial score (nSPS) is 13.1. The number of benzene rings is 1. The van der Waals surface area contributed by atoms with Crippen LogP contribution in [0.15, 0.2) is 24.3 Å². The van der Waals surface area contributed by atoms with Crippen LogP contribution in [0.3, 0.4) is 0 Å². The maximum absolute atomic E-state index is 12.6. The second kappa shape index (κ2) is 8.36. The second-order valence-electron chi connectivity index (χ2n) is 6.46. The summed E-state index contributed by atoms with van der Waals surface area (Å²) in [6, 6.07) is 7.04. The molecule has 6 heteroatoms. The average molecular weight is 372 g/mol. The molecule has 0 aliphatic heterocycles. The first-order valence-corrected chi connectivity index (χ1v) is 9.90. The quantitative estimate of drug-likeness (QED) is 0.716. The molecule has 0 unspecified atom stereocenters. The zero-order chi connectivity index (χ0) is 18.5. The van der Waals surface area contributed by atoms with Crippen LogP contribution in [-0.2, 0) is 12.8 Å². The molecule has 0 saturated heterocycles. The Morgan fingerprint density at radius 3 is 2.62 bits per heavy atom.